The first-order valence-electron chi connectivity index (χ1n) is 3.67. The molecule has 0 spiro atoms. The molecule has 0 heterocycles. The summed E-state index contributed by atoms with van der Waals surface area (Å²) in [5.74, 6) is 0. The molecule has 0 saturated heterocycles. The summed E-state index contributed by atoms with van der Waals surface area (Å²) in [4.78, 5) is 11.4. The van der Waals surface area contributed by atoms with Crippen LogP contribution < -0.4 is 0 Å². The van der Waals surface area contributed by atoms with E-state index < -0.39 is 0 Å². The van der Waals surface area contributed by atoms with Crippen molar-refractivity contribution in [2.24, 2.45) is 0 Å². The van der Waals surface area contributed by atoms with E-state index in [0.29, 0.717) is 10.6 Å². The van der Waals surface area contributed by atoms with Gasteiger partial charge in [0.2, 0.25) is 0 Å². The number of hydrogen-bond acceptors (Lipinski definition) is 1. The first kappa shape index (κ1) is 9.78. The van der Waals surface area contributed by atoms with Gasteiger partial charge in [0, 0.05) is 0 Å². The summed E-state index contributed by atoms with van der Waals surface area (Å²) in [6.07, 6.45) is 0. The van der Waals surface area contributed by atoms with E-state index in [1.165, 1.54) is 0 Å². The summed E-state index contributed by atoms with van der Waals surface area (Å²) < 4.78 is 0.190. The summed E-state index contributed by atoms with van der Waals surface area (Å²) in [6.45, 7) is 2.01. The number of carbonyl (C=O) groups excluding carboxylic acids is 1. The van der Waals surface area contributed by atoms with Crippen molar-refractivity contribution in [2.45, 2.75) is 12.2 Å². The molecule has 0 aromatic heterocycles. The second-order valence-electron chi connectivity index (χ2n) is 2.20. The van der Waals surface area contributed by atoms with Crippen molar-refractivity contribution in [3.63, 3.8) is 0 Å². The summed E-state index contributed by atoms with van der Waals surface area (Å²) in [5.41, 5.74) is 0.668. The van der Waals surface area contributed by atoms with E-state index in [1.54, 1.807) is 12.1 Å². The van der Waals surface area contributed by atoms with Crippen molar-refractivity contribution >= 4 is 31.2 Å². The first-order valence-corrected chi connectivity index (χ1v) is 6.12. The van der Waals surface area contributed by atoms with Gasteiger partial charge in [0.1, 0.15) is 0 Å². The monoisotopic (exact) mass is 248 g/mol. The van der Waals surface area contributed by atoms with E-state index in [1.807, 2.05) is 19.1 Å². The standard InChI is InChI=1S/C9H9ClOSe/c1-2-12-9(11)7-5-3-4-6-8(7)10/h3-6H,2H2,1H3. The molecule has 0 aliphatic rings. The number of hydrogen-bond donors (Lipinski definition) is 0. The van der Waals surface area contributed by atoms with Gasteiger partial charge in [-0.25, -0.2) is 0 Å². The molecule has 0 fully saturated rings. The van der Waals surface area contributed by atoms with Crippen molar-refractivity contribution in [3.05, 3.63) is 34.9 Å². The van der Waals surface area contributed by atoms with Crippen LogP contribution >= 0.6 is 11.6 Å². The zero-order valence-electron chi connectivity index (χ0n) is 6.71. The molecule has 3 heteroatoms. The van der Waals surface area contributed by atoms with E-state index in [2.05, 4.69) is 0 Å². The molecule has 1 aromatic rings. The molecule has 0 unspecified atom stereocenters. The van der Waals surface area contributed by atoms with Crippen LogP contribution in [0, 0.1) is 0 Å². The Bertz CT molecular complexity index is 286. The second-order valence-corrected chi connectivity index (χ2v) is 5.20. The van der Waals surface area contributed by atoms with Gasteiger partial charge < -0.3 is 0 Å². The SMILES string of the molecule is CC[Se]C(=O)c1ccccc1Cl. The third-order valence-electron chi connectivity index (χ3n) is 1.37. The van der Waals surface area contributed by atoms with E-state index >= 15 is 0 Å². The molecule has 0 radical (unpaired) electrons. The van der Waals surface area contributed by atoms with Gasteiger partial charge in [-0.3, -0.25) is 0 Å². The molecule has 0 atom stereocenters. The van der Waals surface area contributed by atoms with Crippen LogP contribution in [-0.2, 0) is 0 Å². The summed E-state index contributed by atoms with van der Waals surface area (Å²) in [5, 5.41) is 1.50. The molecule has 0 saturated carbocycles. The third-order valence-corrected chi connectivity index (χ3v) is 3.32. The first-order chi connectivity index (χ1) is 5.75. The number of rotatable bonds is 3. The Labute approximate surface area is 83.3 Å². The molecule has 0 aliphatic carbocycles. The summed E-state index contributed by atoms with van der Waals surface area (Å²) in [7, 11) is 0. The van der Waals surface area contributed by atoms with Crippen LogP contribution in [-0.4, -0.2) is 19.6 Å². The average molecular weight is 248 g/mol. The average Bonchev–Trinajstić information content (AvgIpc) is 2.05. The van der Waals surface area contributed by atoms with Crippen LogP contribution in [0.1, 0.15) is 17.3 Å². The van der Waals surface area contributed by atoms with Gasteiger partial charge >= 0.3 is 83.1 Å². The number of carbonyl (C=O) groups is 1. The molecule has 1 nitrogen and oxygen atoms in total. The second kappa shape index (κ2) is 4.66. The summed E-state index contributed by atoms with van der Waals surface area (Å²) in [6, 6.07) is 7.20. The van der Waals surface area contributed by atoms with Crippen LogP contribution in [0.5, 0.6) is 0 Å². The van der Waals surface area contributed by atoms with E-state index in [0.717, 1.165) is 5.32 Å². The quantitative estimate of drug-likeness (QED) is 0.751. The van der Waals surface area contributed by atoms with Gasteiger partial charge in [0.15, 0.2) is 0 Å². The summed E-state index contributed by atoms with van der Waals surface area (Å²) >= 11 is 5.89. The minimum absolute atomic E-state index is 0.0466. The maximum absolute atomic E-state index is 11.4. The molecule has 12 heavy (non-hydrogen) atoms. The van der Waals surface area contributed by atoms with E-state index in [4.69, 9.17) is 11.6 Å². The van der Waals surface area contributed by atoms with E-state index in [-0.39, 0.29) is 19.6 Å². The fraction of sp³-hybridized carbons (Fsp3) is 0.222. The molecule has 0 amide bonds. The zero-order valence-corrected chi connectivity index (χ0v) is 9.18. The molecular weight excluding hydrogens is 239 g/mol. The molecule has 1 rings (SSSR count). The van der Waals surface area contributed by atoms with Crippen molar-refractivity contribution in [1.29, 1.82) is 0 Å². The fourth-order valence-electron chi connectivity index (χ4n) is 0.836. The Kier molecular flexibility index (Phi) is 3.80. The zero-order chi connectivity index (χ0) is 8.97. The van der Waals surface area contributed by atoms with Crippen molar-refractivity contribution in [3.8, 4) is 0 Å². The van der Waals surface area contributed by atoms with Crippen LogP contribution in [0.25, 0.3) is 0 Å². The van der Waals surface area contributed by atoms with Crippen LogP contribution in [0.15, 0.2) is 24.3 Å². The van der Waals surface area contributed by atoms with Crippen LogP contribution in [0.2, 0.25) is 10.3 Å². The van der Waals surface area contributed by atoms with E-state index in [9.17, 15) is 4.79 Å². The Morgan fingerprint density at radius 3 is 2.75 bits per heavy atom. The topological polar surface area (TPSA) is 17.1 Å². The third kappa shape index (κ3) is 2.34. The van der Waals surface area contributed by atoms with Gasteiger partial charge in [-0.15, -0.1) is 0 Å². The van der Waals surface area contributed by atoms with Crippen molar-refractivity contribution < 1.29 is 4.79 Å². The van der Waals surface area contributed by atoms with Gasteiger partial charge in [-0.05, 0) is 0 Å². The number of halogens is 1. The molecular formula is C9H9ClOSe. The van der Waals surface area contributed by atoms with Crippen molar-refractivity contribution in [2.75, 3.05) is 0 Å². The van der Waals surface area contributed by atoms with Crippen molar-refractivity contribution in [1.82, 2.24) is 0 Å². The molecule has 0 aliphatic heterocycles. The Balaban J connectivity index is 2.87. The van der Waals surface area contributed by atoms with Gasteiger partial charge in [-0.1, -0.05) is 0 Å². The molecule has 0 bridgehead atoms. The van der Waals surface area contributed by atoms with Crippen LogP contribution in [0.4, 0.5) is 0 Å². The molecule has 0 N–H and O–H groups in total. The fourth-order valence-corrected chi connectivity index (χ4v) is 2.43. The molecule has 1 aromatic carbocycles. The Morgan fingerprint density at radius 1 is 1.50 bits per heavy atom. The predicted molar refractivity (Wildman–Crippen MR) is 52.0 cm³/mol. The number of benzene rings is 1. The minimum atomic E-state index is 0.0466. The normalized spacial score (nSPS) is 9.83. The maximum atomic E-state index is 11.4. The van der Waals surface area contributed by atoms with Crippen LogP contribution in [0.3, 0.4) is 0 Å². The predicted octanol–water partition coefficient (Wildman–Crippen LogP) is 2.62. The Hall–Kier alpha value is -0.301. The van der Waals surface area contributed by atoms with Gasteiger partial charge in [-0.2, -0.15) is 0 Å². The van der Waals surface area contributed by atoms with Gasteiger partial charge in [0.05, 0.1) is 0 Å². The molecule has 64 valence electrons. The van der Waals surface area contributed by atoms with Gasteiger partial charge in [0.25, 0.3) is 0 Å². The Morgan fingerprint density at radius 2 is 2.17 bits per heavy atom.